The van der Waals surface area contributed by atoms with Crippen LogP contribution in [-0.4, -0.2) is 18.0 Å². The van der Waals surface area contributed by atoms with E-state index in [1.807, 2.05) is 0 Å². The lowest BCUT2D eigenvalue weighted by Gasteiger charge is -2.08. The number of rotatable bonds is 3. The minimum Gasteiger partial charge on any atom is -0.161 e. The first kappa shape index (κ1) is 11.8. The summed E-state index contributed by atoms with van der Waals surface area (Å²) in [6.45, 7) is 1.39. The quantitative estimate of drug-likeness (QED) is 0.514. The zero-order valence-electron chi connectivity index (χ0n) is 6.16. The highest BCUT2D eigenvalue weighted by Gasteiger charge is 2.72. The van der Waals surface area contributed by atoms with Gasteiger partial charge in [0.05, 0.1) is 0 Å². The lowest BCUT2D eigenvalue weighted by Crippen LogP contribution is -2.33. The highest BCUT2D eigenvalue weighted by molar-refractivity contribution is 7.46. The van der Waals surface area contributed by atoms with Crippen LogP contribution in [0.15, 0.2) is 0 Å². The second-order valence-electron chi connectivity index (χ2n) is 2.14. The molecule has 0 aliphatic heterocycles. The van der Waals surface area contributed by atoms with Crippen molar-refractivity contribution in [1.82, 2.24) is 0 Å². The molecule has 0 saturated heterocycles. The molecule has 0 spiro atoms. The van der Waals surface area contributed by atoms with E-state index < -0.39 is 25.8 Å². The van der Waals surface area contributed by atoms with Crippen molar-refractivity contribution in [2.24, 2.45) is 0 Å². The van der Waals surface area contributed by atoms with E-state index in [9.17, 15) is 26.5 Å². The molecule has 0 aromatic heterocycles. The molecular formula is C5H7F5OP+. The van der Waals surface area contributed by atoms with E-state index in [-0.39, 0.29) is 6.42 Å². The van der Waals surface area contributed by atoms with Gasteiger partial charge in [-0.05, 0) is 6.42 Å². The van der Waals surface area contributed by atoms with Gasteiger partial charge < -0.3 is 0 Å². The zero-order valence-corrected chi connectivity index (χ0v) is 7.05. The van der Waals surface area contributed by atoms with Crippen LogP contribution in [0.1, 0.15) is 13.3 Å². The van der Waals surface area contributed by atoms with Gasteiger partial charge in [-0.1, -0.05) is 11.5 Å². The number of hydrogen-bond acceptors (Lipinski definition) is 1. The Kier molecular flexibility index (Phi) is 3.57. The van der Waals surface area contributed by atoms with Crippen molar-refractivity contribution in [1.29, 1.82) is 0 Å². The molecule has 0 saturated carbocycles. The summed E-state index contributed by atoms with van der Waals surface area (Å²) in [6, 6.07) is 0. The van der Waals surface area contributed by atoms with Gasteiger partial charge in [0.25, 0.3) is 0 Å². The maximum absolute atomic E-state index is 12.1. The summed E-state index contributed by atoms with van der Waals surface area (Å²) in [7, 11) is -3.52. The van der Waals surface area contributed by atoms with Gasteiger partial charge in [-0.25, -0.2) is 0 Å². The van der Waals surface area contributed by atoms with Gasteiger partial charge in [-0.2, -0.15) is 13.2 Å². The van der Waals surface area contributed by atoms with Crippen molar-refractivity contribution in [3.05, 3.63) is 0 Å². The predicted molar refractivity (Wildman–Crippen MR) is 33.8 cm³/mol. The summed E-state index contributed by atoms with van der Waals surface area (Å²) in [5.41, 5.74) is -5.04. The Bertz CT molecular complexity index is 175. The van der Waals surface area contributed by atoms with E-state index in [4.69, 9.17) is 0 Å². The third kappa shape index (κ3) is 2.37. The molecule has 0 aliphatic carbocycles. The normalized spacial score (nSPS) is 14.7. The molecule has 0 radical (unpaired) electrons. The first-order valence-electron chi connectivity index (χ1n) is 3.12. The van der Waals surface area contributed by atoms with Gasteiger partial charge in [0.1, 0.15) is 0 Å². The monoisotopic (exact) mass is 209 g/mol. The fourth-order valence-electron chi connectivity index (χ4n) is 0.485. The molecule has 0 heterocycles. The third-order valence-electron chi connectivity index (χ3n) is 1.08. The molecule has 0 amide bonds. The Labute approximate surface area is 66.7 Å². The van der Waals surface area contributed by atoms with Crippen molar-refractivity contribution < 1.29 is 26.5 Å². The lowest BCUT2D eigenvalue weighted by molar-refractivity contribution is -0.241. The predicted octanol–water partition coefficient (Wildman–Crippen LogP) is 3.38. The number of hydrogen-bond donors (Lipinski definition) is 0. The molecule has 7 heteroatoms. The second-order valence-corrected chi connectivity index (χ2v) is 3.91. The van der Waals surface area contributed by atoms with E-state index in [2.05, 4.69) is 0 Å². The van der Waals surface area contributed by atoms with E-state index in [1.165, 1.54) is 6.92 Å². The highest BCUT2D eigenvalue weighted by atomic mass is 31.1. The molecule has 0 bridgehead atoms. The van der Waals surface area contributed by atoms with Gasteiger partial charge in [0.15, 0.2) is 6.16 Å². The smallest absolute Gasteiger partial charge is 0.161 e. The van der Waals surface area contributed by atoms with Crippen LogP contribution in [0.5, 0.6) is 0 Å². The average Bonchev–Trinajstić information content (AvgIpc) is 1.85. The summed E-state index contributed by atoms with van der Waals surface area (Å²) in [5, 5.41) is 0. The largest absolute Gasteiger partial charge is 0.539 e. The Morgan fingerprint density at radius 1 is 1.17 bits per heavy atom. The average molecular weight is 209 g/mol. The topological polar surface area (TPSA) is 17.1 Å². The van der Waals surface area contributed by atoms with Gasteiger partial charge in [0.2, 0.25) is 0 Å². The maximum Gasteiger partial charge on any atom is 0.539 e. The highest BCUT2D eigenvalue weighted by Crippen LogP contribution is 2.52. The van der Waals surface area contributed by atoms with Crippen LogP contribution in [0, 0.1) is 0 Å². The summed E-state index contributed by atoms with van der Waals surface area (Å²) in [4.78, 5) is 0. The van der Waals surface area contributed by atoms with Gasteiger partial charge >= 0.3 is 19.6 Å². The Balaban J connectivity index is 4.50. The van der Waals surface area contributed by atoms with Gasteiger partial charge in [-0.3, -0.25) is 0 Å². The van der Waals surface area contributed by atoms with Crippen LogP contribution >= 0.6 is 7.80 Å². The van der Waals surface area contributed by atoms with Crippen molar-refractivity contribution in [2.75, 3.05) is 6.16 Å². The van der Waals surface area contributed by atoms with Crippen molar-refractivity contribution in [2.45, 2.75) is 25.2 Å². The molecule has 0 aromatic carbocycles. The molecule has 0 rings (SSSR count). The fourth-order valence-corrected chi connectivity index (χ4v) is 1.45. The Morgan fingerprint density at radius 2 is 1.58 bits per heavy atom. The summed E-state index contributed by atoms with van der Waals surface area (Å²) < 4.78 is 69.0. The zero-order chi connectivity index (χ0) is 9.99. The first-order valence-corrected chi connectivity index (χ1v) is 4.57. The molecular weight excluding hydrogens is 202 g/mol. The molecule has 0 N–H and O–H groups in total. The van der Waals surface area contributed by atoms with Crippen LogP contribution in [-0.2, 0) is 4.57 Å². The summed E-state index contributed by atoms with van der Waals surface area (Å²) in [6.07, 6.45) is -6.27. The molecule has 0 aromatic rings. The third-order valence-corrected chi connectivity index (χ3v) is 2.81. The molecule has 12 heavy (non-hydrogen) atoms. The summed E-state index contributed by atoms with van der Waals surface area (Å²) in [5.74, 6) is 0. The standard InChI is InChI=1S/C5H7F5OP/c1-2-3-12(11)5(9,10)4(6,7)8/h2-3H2,1H3/q+1. The van der Waals surface area contributed by atoms with Crippen molar-refractivity contribution in [3.8, 4) is 0 Å². The van der Waals surface area contributed by atoms with Crippen LogP contribution in [0.3, 0.4) is 0 Å². The van der Waals surface area contributed by atoms with E-state index in [0.29, 0.717) is 0 Å². The summed E-state index contributed by atoms with van der Waals surface area (Å²) >= 11 is 0. The molecule has 0 fully saturated rings. The molecule has 0 aliphatic rings. The minimum absolute atomic E-state index is 0.0425. The van der Waals surface area contributed by atoms with E-state index >= 15 is 0 Å². The SMILES string of the molecule is CCC[P+](=O)C(F)(F)C(F)(F)F. The van der Waals surface area contributed by atoms with Crippen LogP contribution in [0.25, 0.3) is 0 Å². The maximum atomic E-state index is 12.1. The molecule has 72 valence electrons. The van der Waals surface area contributed by atoms with E-state index in [0.717, 1.165) is 0 Å². The van der Waals surface area contributed by atoms with Gasteiger partial charge in [-0.15, -0.1) is 8.78 Å². The molecule has 1 unspecified atom stereocenters. The Hall–Kier alpha value is -0.250. The number of alkyl halides is 5. The Morgan fingerprint density at radius 3 is 1.83 bits per heavy atom. The number of halogens is 5. The fraction of sp³-hybridized carbons (Fsp3) is 1.00. The van der Waals surface area contributed by atoms with Crippen LogP contribution < -0.4 is 0 Å². The van der Waals surface area contributed by atoms with E-state index in [1.54, 1.807) is 0 Å². The molecule has 1 nitrogen and oxygen atoms in total. The first-order chi connectivity index (χ1) is 5.23. The van der Waals surface area contributed by atoms with Crippen LogP contribution in [0.2, 0.25) is 0 Å². The van der Waals surface area contributed by atoms with Gasteiger partial charge in [0, 0.05) is 0 Å². The van der Waals surface area contributed by atoms with Crippen LogP contribution in [0.4, 0.5) is 22.0 Å². The molecule has 1 atom stereocenters. The van der Waals surface area contributed by atoms with Crippen molar-refractivity contribution in [3.63, 3.8) is 0 Å². The minimum atomic E-state index is -5.70. The second kappa shape index (κ2) is 3.64. The van der Waals surface area contributed by atoms with Crippen molar-refractivity contribution >= 4 is 7.80 Å². The lowest BCUT2D eigenvalue weighted by atomic mass is 10.6.